The highest BCUT2D eigenvalue weighted by atomic mass is 79.9. The lowest BCUT2D eigenvalue weighted by molar-refractivity contribution is 1.25. The minimum atomic E-state index is 0.791. The quantitative estimate of drug-likeness (QED) is 0.715. The maximum Gasteiger partial charge on any atom is 0.0423 e. The molecule has 0 aliphatic heterocycles. The normalized spacial score (nSPS) is 15.0. The molecule has 2 aromatic carbocycles. The molecule has 22 heavy (non-hydrogen) atoms. The zero-order chi connectivity index (χ0) is 15.8. The number of nitrogen functional groups attached to an aromatic ring is 1. The molecule has 0 amide bonds. The first-order valence-electron chi connectivity index (χ1n) is 7.05. The zero-order valence-corrected chi connectivity index (χ0v) is 13.8. The van der Waals surface area contributed by atoms with E-state index in [-0.39, 0.29) is 0 Å². The summed E-state index contributed by atoms with van der Waals surface area (Å²) < 4.78 is 1.03. The summed E-state index contributed by atoms with van der Waals surface area (Å²) in [5, 5.41) is 0. The maximum absolute atomic E-state index is 6.06. The number of allylic oxidation sites excluding steroid dienone is 5. The Kier molecular flexibility index (Phi) is 6.04. The topological polar surface area (TPSA) is 52.0 Å². The predicted octanol–water partition coefficient (Wildman–Crippen LogP) is 4.90. The Morgan fingerprint density at radius 2 is 1.73 bits per heavy atom. The summed E-state index contributed by atoms with van der Waals surface area (Å²) in [5.74, 6) is 0. The van der Waals surface area contributed by atoms with E-state index in [1.165, 1.54) is 5.57 Å². The highest BCUT2D eigenvalue weighted by Gasteiger charge is 2.02. The molecule has 2 aromatic rings. The first-order valence-corrected chi connectivity index (χ1v) is 7.84. The van der Waals surface area contributed by atoms with Crippen LogP contribution in [-0.4, -0.2) is 0 Å². The molecule has 0 spiro atoms. The molecule has 0 saturated carbocycles. The zero-order valence-electron chi connectivity index (χ0n) is 12.2. The second kappa shape index (κ2) is 8.25. The molecule has 3 rings (SSSR count). The largest absolute Gasteiger partial charge is 0.399 e. The van der Waals surface area contributed by atoms with Gasteiger partial charge in [0, 0.05) is 15.9 Å². The van der Waals surface area contributed by atoms with E-state index in [1.54, 1.807) is 0 Å². The van der Waals surface area contributed by atoms with Crippen LogP contribution >= 0.6 is 15.9 Å². The molecule has 0 aromatic heterocycles. The summed E-state index contributed by atoms with van der Waals surface area (Å²) in [4.78, 5) is 0. The van der Waals surface area contributed by atoms with E-state index in [0.717, 1.165) is 27.8 Å². The number of rotatable bonds is 1. The third-order valence-electron chi connectivity index (χ3n) is 3.16. The highest BCUT2D eigenvalue weighted by Crippen LogP contribution is 2.19. The minimum Gasteiger partial charge on any atom is -0.399 e. The van der Waals surface area contributed by atoms with Crippen molar-refractivity contribution in [2.45, 2.75) is 6.42 Å². The Hall–Kier alpha value is -2.26. The van der Waals surface area contributed by atoms with Crippen molar-refractivity contribution in [3.8, 4) is 0 Å². The van der Waals surface area contributed by atoms with E-state index >= 15 is 0 Å². The molecule has 0 fully saturated rings. The molecule has 112 valence electrons. The van der Waals surface area contributed by atoms with Gasteiger partial charge >= 0.3 is 0 Å². The fourth-order valence-electron chi connectivity index (χ4n) is 2.02. The van der Waals surface area contributed by atoms with E-state index in [2.05, 4.69) is 28.1 Å². The van der Waals surface area contributed by atoms with Crippen molar-refractivity contribution in [2.75, 3.05) is 5.73 Å². The molecule has 0 radical (unpaired) electrons. The Morgan fingerprint density at radius 3 is 2.27 bits per heavy atom. The molecular formula is C19H19BrN2. The third kappa shape index (κ3) is 4.93. The SMILES string of the molecule is N/C(=C1/C=CC=CC1)c1ccccc1.Nc1cccc(Br)c1. The second-order valence-electron chi connectivity index (χ2n) is 4.85. The van der Waals surface area contributed by atoms with Gasteiger partial charge in [-0.1, -0.05) is 76.6 Å². The predicted molar refractivity (Wildman–Crippen MR) is 99.0 cm³/mol. The Labute approximate surface area is 140 Å². The first-order chi connectivity index (χ1) is 10.7. The Bertz CT molecular complexity index is 683. The summed E-state index contributed by atoms with van der Waals surface area (Å²) in [5.41, 5.74) is 15.5. The first kappa shape index (κ1) is 16.1. The fraction of sp³-hybridized carbons (Fsp3) is 0.0526. The van der Waals surface area contributed by atoms with E-state index in [0.29, 0.717) is 0 Å². The highest BCUT2D eigenvalue weighted by molar-refractivity contribution is 9.10. The molecule has 4 N–H and O–H groups in total. The molecule has 1 aliphatic rings. The van der Waals surface area contributed by atoms with Crippen LogP contribution in [-0.2, 0) is 0 Å². The number of benzene rings is 2. The molecule has 0 atom stereocenters. The minimum absolute atomic E-state index is 0.791. The third-order valence-corrected chi connectivity index (χ3v) is 3.66. The smallest absolute Gasteiger partial charge is 0.0423 e. The van der Waals surface area contributed by atoms with Crippen LogP contribution in [0.5, 0.6) is 0 Å². The van der Waals surface area contributed by atoms with Gasteiger partial charge in [-0.3, -0.25) is 0 Å². The van der Waals surface area contributed by atoms with Crippen LogP contribution in [0.15, 0.2) is 88.9 Å². The van der Waals surface area contributed by atoms with Gasteiger partial charge in [0.25, 0.3) is 0 Å². The lowest BCUT2D eigenvalue weighted by Crippen LogP contribution is -2.00. The van der Waals surface area contributed by atoms with Crippen molar-refractivity contribution in [2.24, 2.45) is 5.73 Å². The van der Waals surface area contributed by atoms with Crippen molar-refractivity contribution in [3.63, 3.8) is 0 Å². The van der Waals surface area contributed by atoms with Gasteiger partial charge in [-0.25, -0.2) is 0 Å². The molecule has 2 nitrogen and oxygen atoms in total. The van der Waals surface area contributed by atoms with Crippen molar-refractivity contribution >= 4 is 27.3 Å². The molecule has 0 saturated heterocycles. The lowest BCUT2D eigenvalue weighted by Gasteiger charge is -2.08. The van der Waals surface area contributed by atoms with E-state index < -0.39 is 0 Å². The number of hydrogen-bond donors (Lipinski definition) is 2. The average molecular weight is 355 g/mol. The molecule has 0 bridgehead atoms. The number of halogens is 1. The summed E-state index contributed by atoms with van der Waals surface area (Å²) in [6.45, 7) is 0. The van der Waals surface area contributed by atoms with Gasteiger partial charge in [0.05, 0.1) is 0 Å². The van der Waals surface area contributed by atoms with Gasteiger partial charge in [-0.2, -0.15) is 0 Å². The van der Waals surface area contributed by atoms with Crippen LogP contribution in [0.4, 0.5) is 5.69 Å². The van der Waals surface area contributed by atoms with Crippen molar-refractivity contribution in [3.05, 3.63) is 94.5 Å². The fourth-order valence-corrected chi connectivity index (χ4v) is 2.44. The summed E-state index contributed by atoms with van der Waals surface area (Å²) >= 11 is 3.28. The average Bonchev–Trinajstić information content (AvgIpc) is 2.56. The van der Waals surface area contributed by atoms with Crippen LogP contribution in [0.2, 0.25) is 0 Å². The van der Waals surface area contributed by atoms with Crippen LogP contribution < -0.4 is 11.5 Å². The Balaban J connectivity index is 0.000000188. The number of anilines is 1. The van der Waals surface area contributed by atoms with Gasteiger partial charge in [-0.05, 0) is 35.8 Å². The van der Waals surface area contributed by atoms with Gasteiger partial charge in [0.2, 0.25) is 0 Å². The van der Waals surface area contributed by atoms with E-state index in [4.69, 9.17) is 11.5 Å². The molecule has 0 unspecified atom stereocenters. The maximum atomic E-state index is 6.06. The summed E-state index contributed by atoms with van der Waals surface area (Å²) in [6, 6.07) is 17.6. The van der Waals surface area contributed by atoms with Crippen LogP contribution in [0.25, 0.3) is 5.70 Å². The van der Waals surface area contributed by atoms with Gasteiger partial charge in [0.1, 0.15) is 0 Å². The summed E-state index contributed by atoms with van der Waals surface area (Å²) in [7, 11) is 0. The van der Waals surface area contributed by atoms with Crippen LogP contribution in [0.1, 0.15) is 12.0 Å². The Morgan fingerprint density at radius 1 is 0.955 bits per heavy atom. The van der Waals surface area contributed by atoms with Crippen LogP contribution in [0, 0.1) is 0 Å². The molecular weight excluding hydrogens is 336 g/mol. The van der Waals surface area contributed by atoms with Crippen LogP contribution in [0.3, 0.4) is 0 Å². The van der Waals surface area contributed by atoms with Crippen molar-refractivity contribution in [1.29, 1.82) is 0 Å². The molecule has 0 heterocycles. The molecule has 3 heteroatoms. The summed E-state index contributed by atoms with van der Waals surface area (Å²) in [6.07, 6.45) is 9.18. The molecule has 1 aliphatic carbocycles. The number of hydrogen-bond acceptors (Lipinski definition) is 2. The second-order valence-corrected chi connectivity index (χ2v) is 5.77. The van der Waals surface area contributed by atoms with Gasteiger partial charge < -0.3 is 11.5 Å². The standard InChI is InChI=1S/C13H13N.C6H6BrN/c14-13(11-7-3-1-4-8-11)12-9-5-2-6-10-12;7-5-2-1-3-6(8)4-5/h1-9H,10,14H2;1-4H,8H2/b13-12-;. The number of nitrogens with two attached hydrogens (primary N) is 2. The van der Waals surface area contributed by atoms with E-state index in [9.17, 15) is 0 Å². The van der Waals surface area contributed by atoms with Gasteiger partial charge in [-0.15, -0.1) is 0 Å². The lowest BCUT2D eigenvalue weighted by atomic mass is 10.0. The van der Waals surface area contributed by atoms with Crippen molar-refractivity contribution in [1.82, 2.24) is 0 Å². The van der Waals surface area contributed by atoms with E-state index in [1.807, 2.05) is 66.7 Å². The van der Waals surface area contributed by atoms with Gasteiger partial charge in [0.15, 0.2) is 0 Å². The van der Waals surface area contributed by atoms with Crippen molar-refractivity contribution < 1.29 is 0 Å². The monoisotopic (exact) mass is 354 g/mol.